The molecule has 0 spiro atoms. The van der Waals surface area contributed by atoms with Gasteiger partial charge in [0.2, 0.25) is 15.9 Å². The lowest BCUT2D eigenvalue weighted by atomic mass is 10.1. The van der Waals surface area contributed by atoms with Crippen LogP contribution >= 0.6 is 0 Å². The minimum absolute atomic E-state index is 0.0259. The van der Waals surface area contributed by atoms with Crippen molar-refractivity contribution < 1.29 is 18.0 Å². The Balaban J connectivity index is 1.83. The smallest absolute Gasteiger partial charge is 0.233 e. The van der Waals surface area contributed by atoms with Crippen molar-refractivity contribution in [2.45, 2.75) is 20.3 Å². The van der Waals surface area contributed by atoms with E-state index in [2.05, 4.69) is 10.0 Å². The highest BCUT2D eigenvalue weighted by Crippen LogP contribution is 2.11. The highest BCUT2D eigenvalue weighted by atomic mass is 32.2. The summed E-state index contributed by atoms with van der Waals surface area (Å²) in [5.41, 5.74) is 2.85. The van der Waals surface area contributed by atoms with Crippen molar-refractivity contribution in [1.82, 2.24) is 4.72 Å². The number of carbonyl (C=O) groups is 2. The summed E-state index contributed by atoms with van der Waals surface area (Å²) >= 11 is 0. The summed E-state index contributed by atoms with van der Waals surface area (Å²) in [4.78, 5) is 23.3. The number of hydrogen-bond acceptors (Lipinski definition) is 4. The van der Waals surface area contributed by atoms with Crippen LogP contribution in [0.5, 0.6) is 0 Å². The Hall–Kier alpha value is -2.77. The maximum absolute atomic E-state index is 12.0. The molecule has 0 heterocycles. The molecule has 7 heteroatoms. The molecule has 2 N–H and O–H groups in total. The van der Waals surface area contributed by atoms with Crippen molar-refractivity contribution >= 4 is 33.5 Å². The van der Waals surface area contributed by atoms with Gasteiger partial charge in [-0.2, -0.15) is 0 Å². The Labute approximate surface area is 159 Å². The van der Waals surface area contributed by atoms with Gasteiger partial charge in [0, 0.05) is 29.6 Å². The second-order valence-electron chi connectivity index (χ2n) is 6.09. The Morgan fingerprint density at radius 1 is 1.07 bits per heavy atom. The summed E-state index contributed by atoms with van der Waals surface area (Å²) in [5, 5.41) is 3.72. The maximum atomic E-state index is 12.0. The van der Waals surface area contributed by atoms with Crippen LogP contribution in [0.4, 0.5) is 5.69 Å². The van der Waals surface area contributed by atoms with Crippen LogP contribution < -0.4 is 10.0 Å². The minimum Gasteiger partial charge on any atom is -0.326 e. The summed E-state index contributed by atoms with van der Waals surface area (Å²) in [6.07, 6.45) is 1.47. The molecule has 0 aromatic heterocycles. The summed E-state index contributed by atoms with van der Waals surface area (Å²) in [7, 11) is -3.63. The van der Waals surface area contributed by atoms with Gasteiger partial charge in [0.1, 0.15) is 0 Å². The Morgan fingerprint density at radius 2 is 1.78 bits per heavy atom. The highest BCUT2D eigenvalue weighted by molar-refractivity contribution is 7.92. The topological polar surface area (TPSA) is 92.3 Å². The van der Waals surface area contributed by atoms with E-state index in [0.29, 0.717) is 11.3 Å². The second-order valence-corrected chi connectivity index (χ2v) is 7.74. The molecular formula is C20H22N2O4S. The fourth-order valence-electron chi connectivity index (χ4n) is 2.24. The molecule has 142 valence electrons. The molecule has 0 aliphatic heterocycles. The van der Waals surface area contributed by atoms with E-state index in [-0.39, 0.29) is 24.7 Å². The largest absolute Gasteiger partial charge is 0.326 e. The molecule has 1 amide bonds. The van der Waals surface area contributed by atoms with Crippen LogP contribution in [0.25, 0.3) is 6.08 Å². The van der Waals surface area contributed by atoms with E-state index in [4.69, 9.17) is 0 Å². The first-order valence-corrected chi connectivity index (χ1v) is 9.95. The number of amides is 1. The molecule has 0 atom stereocenters. The molecule has 2 aromatic carbocycles. The summed E-state index contributed by atoms with van der Waals surface area (Å²) in [6, 6.07) is 14.0. The van der Waals surface area contributed by atoms with Crippen LogP contribution in [0.2, 0.25) is 0 Å². The van der Waals surface area contributed by atoms with Crippen molar-refractivity contribution in [3.8, 4) is 0 Å². The van der Waals surface area contributed by atoms with Gasteiger partial charge in [-0.1, -0.05) is 42.0 Å². The SMILES string of the molecule is CC(=O)c1cccc(NC(=O)CCNS(=O)(=O)/C=C/c2ccc(C)cc2)c1. The molecule has 0 fully saturated rings. The van der Waals surface area contributed by atoms with Crippen molar-refractivity contribution in [2.24, 2.45) is 0 Å². The molecule has 0 aliphatic rings. The molecule has 0 saturated heterocycles. The number of aryl methyl sites for hydroxylation is 1. The predicted octanol–water partition coefficient (Wildman–Crippen LogP) is 3.12. The van der Waals surface area contributed by atoms with Crippen molar-refractivity contribution in [1.29, 1.82) is 0 Å². The Morgan fingerprint density at radius 3 is 2.44 bits per heavy atom. The number of hydrogen-bond donors (Lipinski definition) is 2. The third-order valence-corrected chi connectivity index (χ3v) is 4.83. The highest BCUT2D eigenvalue weighted by Gasteiger charge is 2.08. The average molecular weight is 386 g/mol. The lowest BCUT2D eigenvalue weighted by molar-refractivity contribution is -0.116. The van der Waals surface area contributed by atoms with Crippen molar-refractivity contribution in [3.05, 3.63) is 70.6 Å². The van der Waals surface area contributed by atoms with Crippen LogP contribution in [0, 0.1) is 6.92 Å². The van der Waals surface area contributed by atoms with Gasteiger partial charge in [-0.25, -0.2) is 13.1 Å². The number of rotatable bonds is 8. The summed E-state index contributed by atoms with van der Waals surface area (Å²) in [5.74, 6) is -0.444. The number of nitrogens with one attached hydrogen (secondary N) is 2. The number of anilines is 1. The van der Waals surface area contributed by atoms with Crippen LogP contribution in [0.1, 0.15) is 34.8 Å². The van der Waals surface area contributed by atoms with Gasteiger partial charge in [-0.05, 0) is 37.6 Å². The van der Waals surface area contributed by atoms with Gasteiger partial charge in [0.05, 0.1) is 0 Å². The third-order valence-electron chi connectivity index (χ3n) is 3.73. The summed E-state index contributed by atoms with van der Waals surface area (Å²) in [6.45, 7) is 3.37. The van der Waals surface area contributed by atoms with Gasteiger partial charge < -0.3 is 5.32 Å². The molecular weight excluding hydrogens is 364 g/mol. The fourth-order valence-corrected chi connectivity index (χ4v) is 3.06. The molecule has 0 radical (unpaired) electrons. The number of benzene rings is 2. The molecule has 0 aliphatic carbocycles. The van der Waals surface area contributed by atoms with E-state index < -0.39 is 10.0 Å². The van der Waals surface area contributed by atoms with Crippen LogP contribution in [-0.2, 0) is 14.8 Å². The zero-order chi connectivity index (χ0) is 19.9. The van der Waals surface area contributed by atoms with Gasteiger partial charge in [0.25, 0.3) is 0 Å². The monoisotopic (exact) mass is 386 g/mol. The number of carbonyl (C=O) groups excluding carboxylic acids is 2. The lowest BCUT2D eigenvalue weighted by Crippen LogP contribution is -2.26. The first-order chi connectivity index (χ1) is 12.7. The first-order valence-electron chi connectivity index (χ1n) is 8.40. The number of sulfonamides is 1. The summed E-state index contributed by atoms with van der Waals surface area (Å²) < 4.78 is 26.3. The van der Waals surface area contributed by atoms with Crippen molar-refractivity contribution in [2.75, 3.05) is 11.9 Å². The van der Waals surface area contributed by atoms with E-state index in [1.54, 1.807) is 24.3 Å². The van der Waals surface area contributed by atoms with Gasteiger partial charge >= 0.3 is 0 Å². The van der Waals surface area contributed by atoms with E-state index in [1.165, 1.54) is 13.0 Å². The average Bonchev–Trinajstić information content (AvgIpc) is 2.61. The van der Waals surface area contributed by atoms with E-state index in [9.17, 15) is 18.0 Å². The Bertz CT molecular complexity index is 948. The minimum atomic E-state index is -3.63. The van der Waals surface area contributed by atoms with Gasteiger partial charge in [-0.15, -0.1) is 0 Å². The third kappa shape index (κ3) is 7.16. The first kappa shape index (κ1) is 20.5. The Kier molecular flexibility index (Phi) is 7.04. The lowest BCUT2D eigenvalue weighted by Gasteiger charge is -2.07. The van der Waals surface area contributed by atoms with Gasteiger partial charge in [0.15, 0.2) is 5.78 Å². The van der Waals surface area contributed by atoms with Gasteiger partial charge in [-0.3, -0.25) is 9.59 Å². The zero-order valence-electron chi connectivity index (χ0n) is 15.2. The van der Waals surface area contributed by atoms with Crippen LogP contribution in [-0.4, -0.2) is 26.7 Å². The van der Waals surface area contributed by atoms with Crippen LogP contribution in [0.3, 0.4) is 0 Å². The normalized spacial score (nSPS) is 11.5. The number of ketones is 1. The van der Waals surface area contributed by atoms with E-state index in [1.807, 2.05) is 31.2 Å². The van der Waals surface area contributed by atoms with E-state index >= 15 is 0 Å². The quantitative estimate of drug-likeness (QED) is 0.682. The molecule has 2 aromatic rings. The molecule has 27 heavy (non-hydrogen) atoms. The maximum Gasteiger partial charge on any atom is 0.233 e. The number of Topliss-reactive ketones (excluding diaryl/α,β-unsaturated/α-hetero) is 1. The van der Waals surface area contributed by atoms with Crippen LogP contribution in [0.15, 0.2) is 53.9 Å². The molecule has 6 nitrogen and oxygen atoms in total. The molecule has 0 unspecified atom stereocenters. The molecule has 0 saturated carbocycles. The molecule has 0 bridgehead atoms. The van der Waals surface area contributed by atoms with Crippen molar-refractivity contribution in [3.63, 3.8) is 0 Å². The molecule has 2 rings (SSSR count). The standard InChI is InChI=1S/C20H22N2O4S/c1-15-6-8-17(9-7-15)11-13-27(25,26)21-12-10-20(24)22-19-5-3-4-18(14-19)16(2)23/h3-9,11,13-14,21H,10,12H2,1-2H3,(H,22,24)/b13-11+. The predicted molar refractivity (Wildman–Crippen MR) is 107 cm³/mol. The second kappa shape index (κ2) is 9.25. The zero-order valence-corrected chi connectivity index (χ0v) is 16.0. The van der Waals surface area contributed by atoms with E-state index in [0.717, 1.165) is 16.5 Å². The fraction of sp³-hybridized carbons (Fsp3) is 0.200.